The van der Waals surface area contributed by atoms with E-state index in [4.69, 9.17) is 5.26 Å². The SMILES string of the molecule is Cc1cc(C#N)ccc1S(=O)(=O)Nc1ccccc1O. The molecule has 0 spiro atoms. The van der Waals surface area contributed by atoms with Crippen LogP contribution in [-0.4, -0.2) is 13.5 Å². The van der Waals surface area contributed by atoms with Gasteiger partial charge in [-0.2, -0.15) is 5.26 Å². The molecule has 0 amide bonds. The predicted octanol–water partition coefficient (Wildman–Crippen LogP) is 2.37. The van der Waals surface area contributed by atoms with Gasteiger partial charge in [0.15, 0.2) is 0 Å². The molecule has 2 rings (SSSR count). The van der Waals surface area contributed by atoms with Gasteiger partial charge in [-0.3, -0.25) is 4.72 Å². The van der Waals surface area contributed by atoms with Crippen molar-refractivity contribution in [1.29, 1.82) is 5.26 Å². The Kier molecular flexibility index (Phi) is 3.63. The lowest BCUT2D eigenvalue weighted by Crippen LogP contribution is -2.14. The van der Waals surface area contributed by atoms with E-state index in [-0.39, 0.29) is 16.3 Å². The highest BCUT2D eigenvalue weighted by Crippen LogP contribution is 2.26. The highest BCUT2D eigenvalue weighted by atomic mass is 32.2. The number of aryl methyl sites for hydroxylation is 1. The van der Waals surface area contributed by atoms with Crippen LogP contribution in [0, 0.1) is 18.3 Å². The molecular formula is C14H12N2O3S. The predicted molar refractivity (Wildman–Crippen MR) is 74.8 cm³/mol. The Labute approximate surface area is 117 Å². The van der Waals surface area contributed by atoms with Gasteiger partial charge in [-0.1, -0.05) is 12.1 Å². The minimum atomic E-state index is -3.81. The molecule has 0 fully saturated rings. The molecule has 6 heteroatoms. The summed E-state index contributed by atoms with van der Waals surface area (Å²) in [6.45, 7) is 1.61. The standard InChI is InChI=1S/C14H12N2O3S/c1-10-8-11(9-15)6-7-14(10)20(18,19)16-12-4-2-3-5-13(12)17/h2-8,16-17H,1H3. The normalized spacial score (nSPS) is 10.8. The minimum absolute atomic E-state index is 0.0692. The number of aromatic hydroxyl groups is 1. The summed E-state index contributed by atoms with van der Waals surface area (Å²) in [5.74, 6) is -0.151. The van der Waals surface area contributed by atoms with Crippen molar-refractivity contribution in [2.24, 2.45) is 0 Å². The van der Waals surface area contributed by atoms with Gasteiger partial charge in [-0.15, -0.1) is 0 Å². The zero-order valence-electron chi connectivity index (χ0n) is 10.7. The van der Waals surface area contributed by atoms with Crippen molar-refractivity contribution in [3.8, 4) is 11.8 Å². The topological polar surface area (TPSA) is 90.2 Å². The second-order valence-corrected chi connectivity index (χ2v) is 5.87. The Hall–Kier alpha value is -2.52. The smallest absolute Gasteiger partial charge is 0.262 e. The van der Waals surface area contributed by atoms with Crippen molar-refractivity contribution in [2.75, 3.05) is 4.72 Å². The van der Waals surface area contributed by atoms with Crippen LogP contribution in [0.3, 0.4) is 0 Å². The van der Waals surface area contributed by atoms with Gasteiger partial charge in [-0.05, 0) is 42.8 Å². The zero-order chi connectivity index (χ0) is 14.8. The summed E-state index contributed by atoms with van der Waals surface area (Å²) >= 11 is 0. The number of nitrogens with zero attached hydrogens (tertiary/aromatic N) is 1. The summed E-state index contributed by atoms with van der Waals surface area (Å²) in [4.78, 5) is 0.0692. The first-order chi connectivity index (χ1) is 9.44. The van der Waals surface area contributed by atoms with E-state index in [1.165, 1.54) is 30.3 Å². The van der Waals surface area contributed by atoms with Crippen molar-refractivity contribution in [3.05, 3.63) is 53.6 Å². The maximum absolute atomic E-state index is 12.3. The number of phenols is 1. The third-order valence-corrected chi connectivity index (χ3v) is 4.27. The quantitative estimate of drug-likeness (QED) is 0.848. The Morgan fingerprint density at radius 2 is 1.90 bits per heavy atom. The lowest BCUT2D eigenvalue weighted by molar-refractivity contribution is 0.477. The first-order valence-corrected chi connectivity index (χ1v) is 7.24. The number of phenolic OH excluding ortho intramolecular Hbond substituents is 1. The molecule has 20 heavy (non-hydrogen) atoms. The molecule has 2 N–H and O–H groups in total. The maximum Gasteiger partial charge on any atom is 0.262 e. The van der Waals surface area contributed by atoms with E-state index >= 15 is 0 Å². The molecule has 0 unspecified atom stereocenters. The van der Waals surface area contributed by atoms with Gasteiger partial charge >= 0.3 is 0 Å². The number of para-hydroxylation sites is 2. The van der Waals surface area contributed by atoms with Crippen LogP contribution in [0.4, 0.5) is 5.69 Å². The number of benzene rings is 2. The molecule has 0 aliphatic heterocycles. The molecule has 0 aromatic heterocycles. The van der Waals surface area contributed by atoms with Crippen molar-refractivity contribution < 1.29 is 13.5 Å². The second-order valence-electron chi connectivity index (χ2n) is 4.21. The van der Waals surface area contributed by atoms with Gasteiger partial charge in [0.25, 0.3) is 10.0 Å². The maximum atomic E-state index is 12.3. The van der Waals surface area contributed by atoms with Crippen LogP contribution in [0.25, 0.3) is 0 Å². The highest BCUT2D eigenvalue weighted by molar-refractivity contribution is 7.92. The summed E-state index contributed by atoms with van der Waals surface area (Å²) < 4.78 is 26.9. The monoisotopic (exact) mass is 288 g/mol. The minimum Gasteiger partial charge on any atom is -0.506 e. The summed E-state index contributed by atoms with van der Waals surface area (Å²) in [6.07, 6.45) is 0. The van der Waals surface area contributed by atoms with E-state index in [0.717, 1.165) is 0 Å². The molecule has 0 aliphatic carbocycles. The van der Waals surface area contributed by atoms with E-state index in [1.807, 2.05) is 6.07 Å². The summed E-state index contributed by atoms with van der Waals surface area (Å²) in [5.41, 5.74) is 0.965. The van der Waals surface area contributed by atoms with Gasteiger partial charge in [0.05, 0.1) is 22.2 Å². The van der Waals surface area contributed by atoms with Crippen LogP contribution in [0.5, 0.6) is 5.75 Å². The van der Waals surface area contributed by atoms with E-state index in [0.29, 0.717) is 11.1 Å². The molecule has 0 saturated carbocycles. The molecule has 2 aromatic rings. The van der Waals surface area contributed by atoms with E-state index in [2.05, 4.69) is 4.72 Å². The fraction of sp³-hybridized carbons (Fsp3) is 0.0714. The van der Waals surface area contributed by atoms with Crippen LogP contribution in [0.1, 0.15) is 11.1 Å². The van der Waals surface area contributed by atoms with Crippen LogP contribution in [0.15, 0.2) is 47.4 Å². The third-order valence-electron chi connectivity index (χ3n) is 2.74. The highest BCUT2D eigenvalue weighted by Gasteiger charge is 2.18. The Bertz CT molecular complexity index is 792. The molecule has 0 bridgehead atoms. The summed E-state index contributed by atoms with van der Waals surface area (Å²) in [6, 6.07) is 12.3. The van der Waals surface area contributed by atoms with Crippen LogP contribution < -0.4 is 4.72 Å². The fourth-order valence-corrected chi connectivity index (χ4v) is 3.08. The Balaban J connectivity index is 2.42. The van der Waals surface area contributed by atoms with Crippen molar-refractivity contribution >= 4 is 15.7 Å². The first-order valence-electron chi connectivity index (χ1n) is 5.75. The van der Waals surface area contributed by atoms with Crippen molar-refractivity contribution in [3.63, 3.8) is 0 Å². The summed E-state index contributed by atoms with van der Waals surface area (Å²) in [7, 11) is -3.81. The molecule has 0 saturated heterocycles. The van der Waals surface area contributed by atoms with Crippen molar-refractivity contribution in [2.45, 2.75) is 11.8 Å². The average molecular weight is 288 g/mol. The number of hydrogen-bond acceptors (Lipinski definition) is 4. The Morgan fingerprint density at radius 3 is 2.50 bits per heavy atom. The van der Waals surface area contributed by atoms with Gasteiger partial charge in [0.2, 0.25) is 0 Å². The van der Waals surface area contributed by atoms with Gasteiger partial charge in [-0.25, -0.2) is 8.42 Å². The van der Waals surface area contributed by atoms with Crippen LogP contribution in [0.2, 0.25) is 0 Å². The zero-order valence-corrected chi connectivity index (χ0v) is 11.5. The van der Waals surface area contributed by atoms with Crippen molar-refractivity contribution in [1.82, 2.24) is 0 Å². The van der Waals surface area contributed by atoms with Crippen LogP contribution in [-0.2, 0) is 10.0 Å². The average Bonchev–Trinajstić information content (AvgIpc) is 2.40. The second kappa shape index (κ2) is 5.23. The molecule has 2 aromatic carbocycles. The fourth-order valence-electron chi connectivity index (χ4n) is 1.78. The molecule has 0 aliphatic rings. The molecule has 5 nitrogen and oxygen atoms in total. The van der Waals surface area contributed by atoms with E-state index < -0.39 is 10.0 Å². The third kappa shape index (κ3) is 2.73. The molecule has 0 atom stereocenters. The number of nitrogens with one attached hydrogen (secondary N) is 1. The van der Waals surface area contributed by atoms with Gasteiger partial charge in [0.1, 0.15) is 5.75 Å². The number of rotatable bonds is 3. The molecular weight excluding hydrogens is 276 g/mol. The molecule has 0 heterocycles. The van der Waals surface area contributed by atoms with Gasteiger partial charge in [0, 0.05) is 0 Å². The van der Waals surface area contributed by atoms with Gasteiger partial charge < -0.3 is 5.11 Å². The first kappa shape index (κ1) is 13.9. The number of anilines is 1. The lowest BCUT2D eigenvalue weighted by atomic mass is 10.2. The summed E-state index contributed by atoms with van der Waals surface area (Å²) in [5, 5.41) is 18.4. The number of sulfonamides is 1. The largest absolute Gasteiger partial charge is 0.506 e. The number of nitriles is 1. The lowest BCUT2D eigenvalue weighted by Gasteiger charge is -2.11. The Morgan fingerprint density at radius 1 is 1.20 bits per heavy atom. The molecule has 0 radical (unpaired) electrons. The van der Waals surface area contributed by atoms with Crippen LogP contribution >= 0.6 is 0 Å². The van der Waals surface area contributed by atoms with E-state index in [1.54, 1.807) is 19.1 Å². The van der Waals surface area contributed by atoms with E-state index in [9.17, 15) is 13.5 Å². The number of hydrogen-bond donors (Lipinski definition) is 2. The molecule has 102 valence electrons.